The monoisotopic (exact) mass is 293 g/mol. The highest BCUT2D eigenvalue weighted by Gasteiger charge is 2.09. The number of aliphatic hydroxyl groups is 1. The first-order chi connectivity index (χ1) is 9.88. The standard InChI is InChI=1S/C17H27NO3/c1-12(2)8-15(19)10-18-17(20)11-21-16-7-5-6-14(9-16)13(3)4/h5-7,9,12-13,15,19H,8,10-11H2,1-4H3,(H,18,20). The minimum Gasteiger partial charge on any atom is -0.484 e. The highest BCUT2D eigenvalue weighted by molar-refractivity contribution is 5.77. The molecule has 21 heavy (non-hydrogen) atoms. The van der Waals surface area contributed by atoms with Gasteiger partial charge in [0.15, 0.2) is 6.61 Å². The summed E-state index contributed by atoms with van der Waals surface area (Å²) in [5.41, 5.74) is 1.18. The molecule has 1 rings (SSSR count). The third-order valence-corrected chi connectivity index (χ3v) is 3.17. The van der Waals surface area contributed by atoms with Crippen LogP contribution in [0.1, 0.15) is 45.6 Å². The van der Waals surface area contributed by atoms with Crippen molar-refractivity contribution in [2.24, 2.45) is 5.92 Å². The third-order valence-electron chi connectivity index (χ3n) is 3.17. The van der Waals surface area contributed by atoms with Gasteiger partial charge in [0.05, 0.1) is 6.10 Å². The number of aliphatic hydroxyl groups excluding tert-OH is 1. The summed E-state index contributed by atoms with van der Waals surface area (Å²) in [6.45, 7) is 8.54. The topological polar surface area (TPSA) is 58.6 Å². The summed E-state index contributed by atoms with van der Waals surface area (Å²) in [5.74, 6) is 1.31. The summed E-state index contributed by atoms with van der Waals surface area (Å²) in [4.78, 5) is 11.7. The van der Waals surface area contributed by atoms with E-state index in [1.165, 1.54) is 5.56 Å². The van der Waals surface area contributed by atoms with E-state index in [9.17, 15) is 9.90 Å². The van der Waals surface area contributed by atoms with Crippen molar-refractivity contribution in [2.75, 3.05) is 13.2 Å². The van der Waals surface area contributed by atoms with Crippen LogP contribution in [-0.2, 0) is 4.79 Å². The molecule has 0 saturated heterocycles. The predicted octanol–water partition coefficient (Wildman–Crippen LogP) is 2.71. The van der Waals surface area contributed by atoms with E-state index in [4.69, 9.17) is 4.74 Å². The fraction of sp³-hybridized carbons (Fsp3) is 0.588. The zero-order valence-corrected chi connectivity index (χ0v) is 13.4. The van der Waals surface area contributed by atoms with Crippen LogP contribution < -0.4 is 10.1 Å². The van der Waals surface area contributed by atoms with Crippen molar-refractivity contribution < 1.29 is 14.6 Å². The zero-order chi connectivity index (χ0) is 15.8. The molecule has 118 valence electrons. The number of ether oxygens (including phenoxy) is 1. The SMILES string of the molecule is CC(C)CC(O)CNC(=O)COc1cccc(C(C)C)c1. The molecule has 1 atom stereocenters. The molecule has 0 spiro atoms. The smallest absolute Gasteiger partial charge is 0.258 e. The van der Waals surface area contributed by atoms with E-state index in [-0.39, 0.29) is 19.1 Å². The van der Waals surface area contributed by atoms with Crippen molar-refractivity contribution in [1.82, 2.24) is 5.32 Å². The number of amides is 1. The van der Waals surface area contributed by atoms with Gasteiger partial charge in [0.25, 0.3) is 5.91 Å². The molecule has 0 aromatic heterocycles. The van der Waals surface area contributed by atoms with Gasteiger partial charge in [-0.05, 0) is 36.0 Å². The summed E-state index contributed by atoms with van der Waals surface area (Å²) in [6.07, 6.45) is 0.176. The van der Waals surface area contributed by atoms with Crippen LogP contribution in [0.2, 0.25) is 0 Å². The summed E-state index contributed by atoms with van der Waals surface area (Å²) in [7, 11) is 0. The molecule has 0 saturated carbocycles. The molecule has 2 N–H and O–H groups in total. The Bertz CT molecular complexity index is 443. The third kappa shape index (κ3) is 7.14. The van der Waals surface area contributed by atoms with E-state index in [0.717, 1.165) is 0 Å². The number of nitrogens with one attached hydrogen (secondary N) is 1. The van der Waals surface area contributed by atoms with Crippen molar-refractivity contribution in [1.29, 1.82) is 0 Å². The predicted molar refractivity (Wildman–Crippen MR) is 84.5 cm³/mol. The van der Waals surface area contributed by atoms with Gasteiger partial charge in [-0.15, -0.1) is 0 Å². The van der Waals surface area contributed by atoms with E-state index < -0.39 is 6.10 Å². The van der Waals surface area contributed by atoms with Gasteiger partial charge in [0.2, 0.25) is 0 Å². The minimum absolute atomic E-state index is 0.0318. The van der Waals surface area contributed by atoms with Crippen LogP contribution in [0, 0.1) is 5.92 Å². The second-order valence-corrected chi connectivity index (χ2v) is 6.10. The molecular weight excluding hydrogens is 266 g/mol. The van der Waals surface area contributed by atoms with Gasteiger partial charge in [-0.1, -0.05) is 39.8 Å². The molecule has 1 unspecified atom stereocenters. The van der Waals surface area contributed by atoms with Crippen LogP contribution >= 0.6 is 0 Å². The number of carbonyl (C=O) groups is 1. The summed E-state index contributed by atoms with van der Waals surface area (Å²) < 4.78 is 5.48. The molecular formula is C17H27NO3. The van der Waals surface area contributed by atoms with E-state index in [1.807, 2.05) is 38.1 Å². The minimum atomic E-state index is -0.502. The van der Waals surface area contributed by atoms with E-state index in [1.54, 1.807) is 0 Å². The van der Waals surface area contributed by atoms with Gasteiger partial charge >= 0.3 is 0 Å². The lowest BCUT2D eigenvalue weighted by Gasteiger charge is -2.14. The van der Waals surface area contributed by atoms with Crippen molar-refractivity contribution in [3.05, 3.63) is 29.8 Å². The molecule has 0 fully saturated rings. The molecule has 1 amide bonds. The maximum absolute atomic E-state index is 11.7. The summed E-state index contributed by atoms with van der Waals surface area (Å²) in [6, 6.07) is 7.76. The fourth-order valence-electron chi connectivity index (χ4n) is 2.02. The van der Waals surface area contributed by atoms with Gasteiger partial charge in [-0.25, -0.2) is 0 Å². The number of rotatable bonds is 8. The van der Waals surface area contributed by atoms with Gasteiger partial charge in [0, 0.05) is 6.54 Å². The van der Waals surface area contributed by atoms with Crippen LogP contribution in [0.15, 0.2) is 24.3 Å². The Morgan fingerprint density at radius 3 is 2.62 bits per heavy atom. The molecule has 0 bridgehead atoms. The highest BCUT2D eigenvalue weighted by atomic mass is 16.5. The Kier molecular flexibility index (Phi) is 7.23. The highest BCUT2D eigenvalue weighted by Crippen LogP contribution is 2.19. The molecule has 0 aliphatic carbocycles. The van der Waals surface area contributed by atoms with Gasteiger partial charge in [-0.3, -0.25) is 4.79 Å². The van der Waals surface area contributed by atoms with Gasteiger partial charge in [-0.2, -0.15) is 0 Å². The van der Waals surface area contributed by atoms with Crippen LogP contribution in [-0.4, -0.2) is 30.3 Å². The van der Waals surface area contributed by atoms with Crippen LogP contribution in [0.25, 0.3) is 0 Å². The Labute approximate surface area is 127 Å². The van der Waals surface area contributed by atoms with Crippen LogP contribution in [0.5, 0.6) is 5.75 Å². The molecule has 1 aromatic rings. The molecule has 0 aliphatic heterocycles. The Morgan fingerprint density at radius 2 is 2.00 bits per heavy atom. The number of carbonyl (C=O) groups excluding carboxylic acids is 1. The van der Waals surface area contributed by atoms with Gasteiger partial charge in [0.1, 0.15) is 5.75 Å². The maximum atomic E-state index is 11.7. The van der Waals surface area contributed by atoms with Crippen LogP contribution in [0.3, 0.4) is 0 Å². The fourth-order valence-corrected chi connectivity index (χ4v) is 2.02. The van der Waals surface area contributed by atoms with Crippen molar-refractivity contribution >= 4 is 5.91 Å². The Morgan fingerprint density at radius 1 is 1.29 bits per heavy atom. The summed E-state index contributed by atoms with van der Waals surface area (Å²) >= 11 is 0. The number of hydrogen-bond acceptors (Lipinski definition) is 3. The van der Waals surface area contributed by atoms with E-state index in [2.05, 4.69) is 19.2 Å². The lowest BCUT2D eigenvalue weighted by molar-refractivity contribution is -0.123. The average molecular weight is 293 g/mol. The molecule has 0 heterocycles. The Hall–Kier alpha value is -1.55. The average Bonchev–Trinajstić information content (AvgIpc) is 2.42. The molecule has 4 nitrogen and oxygen atoms in total. The van der Waals surface area contributed by atoms with Crippen LogP contribution in [0.4, 0.5) is 0 Å². The van der Waals surface area contributed by atoms with E-state index in [0.29, 0.717) is 24.0 Å². The molecule has 0 radical (unpaired) electrons. The van der Waals surface area contributed by atoms with E-state index >= 15 is 0 Å². The van der Waals surface area contributed by atoms with Gasteiger partial charge < -0.3 is 15.2 Å². The normalized spacial score (nSPS) is 12.5. The first kappa shape index (κ1) is 17.5. The van der Waals surface area contributed by atoms with Crippen molar-refractivity contribution in [3.63, 3.8) is 0 Å². The molecule has 4 heteroatoms. The second kappa shape index (κ2) is 8.67. The Balaban J connectivity index is 2.34. The number of benzene rings is 1. The lowest BCUT2D eigenvalue weighted by Crippen LogP contribution is -2.35. The summed E-state index contributed by atoms with van der Waals surface area (Å²) in [5, 5.41) is 12.4. The maximum Gasteiger partial charge on any atom is 0.258 e. The second-order valence-electron chi connectivity index (χ2n) is 6.10. The number of hydrogen-bond donors (Lipinski definition) is 2. The first-order valence-corrected chi connectivity index (χ1v) is 7.56. The largest absolute Gasteiger partial charge is 0.484 e. The quantitative estimate of drug-likeness (QED) is 0.775. The zero-order valence-electron chi connectivity index (χ0n) is 13.4. The lowest BCUT2D eigenvalue weighted by atomic mass is 10.0. The molecule has 1 aromatic carbocycles. The molecule has 0 aliphatic rings. The van der Waals surface area contributed by atoms with Crippen molar-refractivity contribution in [3.8, 4) is 5.75 Å². The first-order valence-electron chi connectivity index (χ1n) is 7.56. The van der Waals surface area contributed by atoms with Crippen molar-refractivity contribution in [2.45, 2.75) is 46.1 Å².